The normalized spacial score (nSPS) is 13.2. The third-order valence-corrected chi connectivity index (χ3v) is 4.42. The Morgan fingerprint density at radius 2 is 2.05 bits per heavy atom. The lowest BCUT2D eigenvalue weighted by molar-refractivity contribution is -0.146. The molecule has 0 aromatic heterocycles. The van der Waals surface area contributed by atoms with Crippen LogP contribution in [-0.2, 0) is 19.6 Å². The van der Waals surface area contributed by atoms with Crippen molar-refractivity contribution >= 4 is 27.6 Å². The van der Waals surface area contributed by atoms with Gasteiger partial charge in [-0.2, -0.15) is 4.72 Å². The van der Waals surface area contributed by atoms with Crippen molar-refractivity contribution in [3.05, 3.63) is 29.0 Å². The molecule has 0 saturated carbocycles. The number of esters is 1. The van der Waals surface area contributed by atoms with Crippen molar-refractivity contribution in [2.24, 2.45) is 5.92 Å². The summed E-state index contributed by atoms with van der Waals surface area (Å²) in [5, 5.41) is -0.310. The van der Waals surface area contributed by atoms with Crippen LogP contribution in [0.3, 0.4) is 0 Å². The third-order valence-electron chi connectivity index (χ3n) is 2.69. The number of ether oxygens (including phenoxy) is 1. The van der Waals surface area contributed by atoms with Crippen LogP contribution in [0.5, 0.6) is 0 Å². The summed E-state index contributed by atoms with van der Waals surface area (Å²) in [5.74, 6) is -1.69. The lowest BCUT2D eigenvalue weighted by atomic mass is 10.1. The van der Waals surface area contributed by atoms with Gasteiger partial charge in [0.2, 0.25) is 10.0 Å². The molecule has 1 atom stereocenters. The van der Waals surface area contributed by atoms with Gasteiger partial charge in [0.15, 0.2) is 0 Å². The maximum Gasteiger partial charge on any atom is 0.324 e. The van der Waals surface area contributed by atoms with Crippen LogP contribution in [0.25, 0.3) is 0 Å². The third kappa shape index (κ3) is 4.66. The van der Waals surface area contributed by atoms with Crippen LogP contribution in [0, 0.1) is 11.7 Å². The SMILES string of the molecule is CCOC(=O)[C@@H](NS(=O)(=O)c1ccc(F)c(Cl)c1)C(C)C. The molecule has 8 heteroatoms. The summed E-state index contributed by atoms with van der Waals surface area (Å²) < 4.78 is 44.6. The zero-order valence-corrected chi connectivity index (χ0v) is 13.5. The molecule has 0 aliphatic rings. The largest absolute Gasteiger partial charge is 0.465 e. The average molecular weight is 338 g/mol. The molecule has 0 radical (unpaired) electrons. The summed E-state index contributed by atoms with van der Waals surface area (Å²) in [6.45, 7) is 5.14. The van der Waals surface area contributed by atoms with Crippen LogP contribution < -0.4 is 4.72 Å². The van der Waals surface area contributed by atoms with Crippen molar-refractivity contribution in [1.82, 2.24) is 4.72 Å². The van der Waals surface area contributed by atoms with Crippen molar-refractivity contribution in [2.75, 3.05) is 6.61 Å². The van der Waals surface area contributed by atoms with Crippen molar-refractivity contribution in [2.45, 2.75) is 31.7 Å². The smallest absolute Gasteiger partial charge is 0.324 e. The van der Waals surface area contributed by atoms with Crippen LogP contribution in [0.4, 0.5) is 4.39 Å². The fraction of sp³-hybridized carbons (Fsp3) is 0.462. The molecule has 0 bridgehead atoms. The summed E-state index contributed by atoms with van der Waals surface area (Å²) in [6.07, 6.45) is 0. The minimum absolute atomic E-state index is 0.145. The molecule has 0 amide bonds. The second kappa shape index (κ2) is 7.20. The maximum absolute atomic E-state index is 13.1. The van der Waals surface area contributed by atoms with Crippen LogP contribution in [0.1, 0.15) is 20.8 Å². The highest BCUT2D eigenvalue weighted by molar-refractivity contribution is 7.89. The summed E-state index contributed by atoms with van der Waals surface area (Å²) in [6, 6.07) is 1.98. The molecule has 0 aliphatic carbocycles. The van der Waals surface area contributed by atoms with E-state index in [1.165, 1.54) is 0 Å². The standard InChI is InChI=1S/C13H17ClFNO4S/c1-4-20-13(17)12(8(2)3)16-21(18,19)9-5-6-11(15)10(14)7-9/h5-8,12,16H,4H2,1-3H3/t12-/m0/s1. The van der Waals surface area contributed by atoms with Gasteiger partial charge >= 0.3 is 5.97 Å². The Morgan fingerprint density at radius 1 is 1.43 bits per heavy atom. The highest BCUT2D eigenvalue weighted by atomic mass is 35.5. The van der Waals surface area contributed by atoms with Crippen molar-refractivity contribution in [3.8, 4) is 0 Å². The van der Waals surface area contributed by atoms with Crippen LogP contribution in [0.15, 0.2) is 23.1 Å². The van der Waals surface area contributed by atoms with E-state index in [1.807, 2.05) is 0 Å². The first-order chi connectivity index (χ1) is 9.69. The predicted octanol–water partition coefficient (Wildman–Crippen LogP) is 2.35. The molecule has 118 valence electrons. The van der Waals surface area contributed by atoms with Gasteiger partial charge in [-0.05, 0) is 31.0 Å². The minimum atomic E-state index is -4.01. The number of hydrogen-bond donors (Lipinski definition) is 1. The Hall–Kier alpha value is -1.18. The van der Waals surface area contributed by atoms with E-state index in [4.69, 9.17) is 16.3 Å². The molecule has 1 aromatic rings. The first-order valence-corrected chi connectivity index (χ1v) is 8.19. The van der Waals surface area contributed by atoms with Crippen molar-refractivity contribution < 1.29 is 22.3 Å². The molecule has 21 heavy (non-hydrogen) atoms. The van der Waals surface area contributed by atoms with E-state index < -0.39 is 27.9 Å². The summed E-state index contributed by atoms with van der Waals surface area (Å²) in [4.78, 5) is 11.6. The number of nitrogens with one attached hydrogen (secondary N) is 1. The van der Waals surface area contributed by atoms with Gasteiger partial charge in [0.1, 0.15) is 11.9 Å². The Morgan fingerprint density at radius 3 is 2.52 bits per heavy atom. The van der Waals surface area contributed by atoms with Crippen LogP contribution in [-0.4, -0.2) is 27.0 Å². The van der Waals surface area contributed by atoms with Crippen LogP contribution in [0.2, 0.25) is 5.02 Å². The number of hydrogen-bond acceptors (Lipinski definition) is 4. The monoisotopic (exact) mass is 337 g/mol. The molecule has 1 rings (SSSR count). The van der Waals surface area contributed by atoms with Gasteiger partial charge in [-0.1, -0.05) is 25.4 Å². The van der Waals surface area contributed by atoms with Gasteiger partial charge in [0.05, 0.1) is 16.5 Å². The summed E-state index contributed by atoms with van der Waals surface area (Å²) >= 11 is 5.57. The number of carbonyl (C=O) groups is 1. The fourth-order valence-corrected chi connectivity index (χ4v) is 3.17. The van der Waals surface area contributed by atoms with Crippen LogP contribution >= 0.6 is 11.6 Å². The zero-order chi connectivity index (χ0) is 16.2. The first-order valence-electron chi connectivity index (χ1n) is 6.33. The molecule has 0 heterocycles. The molecule has 0 spiro atoms. The molecular formula is C13H17ClFNO4S. The molecule has 5 nitrogen and oxygen atoms in total. The van der Waals surface area contributed by atoms with Crippen molar-refractivity contribution in [1.29, 1.82) is 0 Å². The van der Waals surface area contributed by atoms with E-state index in [2.05, 4.69) is 4.72 Å². The molecule has 0 fully saturated rings. The molecule has 0 aliphatic heterocycles. The number of sulfonamides is 1. The van der Waals surface area contributed by atoms with E-state index in [9.17, 15) is 17.6 Å². The molecule has 1 N–H and O–H groups in total. The van der Waals surface area contributed by atoms with E-state index in [0.717, 1.165) is 18.2 Å². The first kappa shape index (κ1) is 17.9. The lowest BCUT2D eigenvalue weighted by Gasteiger charge is -2.20. The molecule has 1 aromatic carbocycles. The number of carbonyl (C=O) groups excluding carboxylic acids is 1. The second-order valence-electron chi connectivity index (χ2n) is 4.67. The highest BCUT2D eigenvalue weighted by Gasteiger charge is 2.29. The summed E-state index contributed by atoms with van der Waals surface area (Å²) in [5.41, 5.74) is 0. The quantitative estimate of drug-likeness (QED) is 0.809. The Bertz CT molecular complexity index is 619. The average Bonchev–Trinajstić information content (AvgIpc) is 2.39. The zero-order valence-electron chi connectivity index (χ0n) is 11.9. The number of rotatable bonds is 6. The molecule has 0 saturated heterocycles. The van der Waals surface area contributed by atoms with Gasteiger partial charge < -0.3 is 4.74 Å². The van der Waals surface area contributed by atoms with E-state index in [1.54, 1.807) is 20.8 Å². The highest BCUT2D eigenvalue weighted by Crippen LogP contribution is 2.20. The Balaban J connectivity index is 3.06. The lowest BCUT2D eigenvalue weighted by Crippen LogP contribution is -2.45. The molecular weight excluding hydrogens is 321 g/mol. The number of benzene rings is 1. The van der Waals surface area contributed by atoms with E-state index >= 15 is 0 Å². The Labute approximate surface area is 128 Å². The van der Waals surface area contributed by atoms with Gasteiger partial charge in [0, 0.05) is 0 Å². The fourth-order valence-electron chi connectivity index (χ4n) is 1.57. The Kier molecular flexibility index (Phi) is 6.12. The van der Waals surface area contributed by atoms with Crippen molar-refractivity contribution in [3.63, 3.8) is 0 Å². The second-order valence-corrected chi connectivity index (χ2v) is 6.79. The molecule has 0 unspecified atom stereocenters. The number of halogens is 2. The van der Waals surface area contributed by atoms with E-state index in [-0.39, 0.29) is 22.4 Å². The van der Waals surface area contributed by atoms with Gasteiger partial charge in [0.25, 0.3) is 0 Å². The minimum Gasteiger partial charge on any atom is -0.465 e. The maximum atomic E-state index is 13.1. The van der Waals surface area contributed by atoms with Gasteiger partial charge in [-0.3, -0.25) is 4.79 Å². The van der Waals surface area contributed by atoms with E-state index in [0.29, 0.717) is 0 Å². The van der Waals surface area contributed by atoms with Gasteiger partial charge in [-0.15, -0.1) is 0 Å². The predicted molar refractivity (Wildman–Crippen MR) is 77.0 cm³/mol. The van der Waals surface area contributed by atoms with Gasteiger partial charge in [-0.25, -0.2) is 12.8 Å². The topological polar surface area (TPSA) is 72.5 Å². The summed E-state index contributed by atoms with van der Waals surface area (Å²) in [7, 11) is -4.01.